The number of anilines is 1. The Balaban J connectivity index is 2.03. The minimum atomic E-state index is -0.170. The summed E-state index contributed by atoms with van der Waals surface area (Å²) in [5.41, 5.74) is 0.415. The van der Waals surface area contributed by atoms with E-state index in [-0.39, 0.29) is 23.7 Å². The van der Waals surface area contributed by atoms with Gasteiger partial charge in [0.1, 0.15) is 0 Å². The molecule has 2 atom stereocenters. The summed E-state index contributed by atoms with van der Waals surface area (Å²) >= 11 is 12.0. The van der Waals surface area contributed by atoms with Crippen molar-refractivity contribution in [2.45, 2.75) is 25.7 Å². The molecule has 1 saturated heterocycles. The highest BCUT2D eigenvalue weighted by Gasteiger charge is 2.49. The number of hydrogen-bond donors (Lipinski definition) is 0. The number of amides is 2. The molecule has 1 heterocycles. The number of rotatable bonds is 1. The van der Waals surface area contributed by atoms with Gasteiger partial charge in [0, 0.05) is 5.02 Å². The Morgan fingerprint density at radius 2 is 1.58 bits per heavy atom. The van der Waals surface area contributed by atoms with Crippen LogP contribution in [0.25, 0.3) is 0 Å². The first-order valence-electron chi connectivity index (χ1n) is 6.42. The van der Waals surface area contributed by atoms with E-state index in [0.29, 0.717) is 15.7 Å². The molecule has 0 bridgehead atoms. The van der Waals surface area contributed by atoms with Crippen LogP contribution in [0.1, 0.15) is 25.7 Å². The van der Waals surface area contributed by atoms with Crippen LogP contribution in [0.4, 0.5) is 5.69 Å². The third-order valence-corrected chi connectivity index (χ3v) is 4.54. The molecular formula is C14H13Cl2NO2. The highest BCUT2D eigenvalue weighted by Crippen LogP contribution is 2.42. The molecule has 3 nitrogen and oxygen atoms in total. The SMILES string of the molecule is O=C1[C@H]2CCCC[C@@H]2C(=O)N1c1cc(Cl)ccc1Cl. The number of benzene rings is 1. The second kappa shape index (κ2) is 4.80. The Morgan fingerprint density at radius 3 is 2.16 bits per heavy atom. The lowest BCUT2D eigenvalue weighted by Crippen LogP contribution is -2.31. The maximum atomic E-state index is 12.4. The largest absolute Gasteiger partial charge is 0.274 e. The molecule has 0 spiro atoms. The molecule has 5 heteroatoms. The zero-order chi connectivity index (χ0) is 13.6. The number of imide groups is 1. The molecule has 0 unspecified atom stereocenters. The van der Waals surface area contributed by atoms with Crippen molar-refractivity contribution < 1.29 is 9.59 Å². The first-order valence-corrected chi connectivity index (χ1v) is 7.18. The lowest BCUT2D eigenvalue weighted by atomic mass is 9.81. The molecule has 3 rings (SSSR count). The van der Waals surface area contributed by atoms with Gasteiger partial charge in [-0.15, -0.1) is 0 Å². The molecule has 1 aromatic carbocycles. The Morgan fingerprint density at radius 1 is 1.00 bits per heavy atom. The van der Waals surface area contributed by atoms with Crippen LogP contribution in [0.5, 0.6) is 0 Å². The normalized spacial score (nSPS) is 26.7. The van der Waals surface area contributed by atoms with Crippen molar-refractivity contribution in [1.82, 2.24) is 0 Å². The van der Waals surface area contributed by atoms with E-state index < -0.39 is 0 Å². The minimum Gasteiger partial charge on any atom is -0.274 e. The van der Waals surface area contributed by atoms with Gasteiger partial charge in [0.05, 0.1) is 22.5 Å². The topological polar surface area (TPSA) is 37.4 Å². The van der Waals surface area contributed by atoms with E-state index >= 15 is 0 Å². The number of hydrogen-bond acceptors (Lipinski definition) is 2. The summed E-state index contributed by atoms with van der Waals surface area (Å²) in [6.45, 7) is 0. The average molecular weight is 298 g/mol. The van der Waals surface area contributed by atoms with E-state index in [0.717, 1.165) is 25.7 Å². The third kappa shape index (κ3) is 2.05. The monoisotopic (exact) mass is 297 g/mol. The summed E-state index contributed by atoms with van der Waals surface area (Å²) in [6, 6.07) is 4.84. The zero-order valence-electron chi connectivity index (χ0n) is 10.2. The van der Waals surface area contributed by atoms with Gasteiger partial charge in [-0.05, 0) is 31.0 Å². The minimum absolute atomic E-state index is 0.126. The quantitative estimate of drug-likeness (QED) is 0.742. The molecule has 1 aromatic rings. The van der Waals surface area contributed by atoms with E-state index in [2.05, 4.69) is 0 Å². The second-order valence-corrected chi connectivity index (χ2v) is 5.95. The summed E-state index contributed by atoms with van der Waals surface area (Å²) in [5, 5.41) is 0.847. The molecule has 0 radical (unpaired) electrons. The first-order chi connectivity index (χ1) is 9.09. The van der Waals surface area contributed by atoms with Crippen LogP contribution in [-0.4, -0.2) is 11.8 Å². The summed E-state index contributed by atoms with van der Waals surface area (Å²) in [6.07, 6.45) is 3.61. The fraction of sp³-hybridized carbons (Fsp3) is 0.429. The summed E-state index contributed by atoms with van der Waals surface area (Å²) < 4.78 is 0. The molecule has 1 aliphatic carbocycles. The van der Waals surface area contributed by atoms with E-state index in [1.54, 1.807) is 18.2 Å². The van der Waals surface area contributed by atoms with E-state index in [4.69, 9.17) is 23.2 Å². The van der Waals surface area contributed by atoms with Gasteiger partial charge >= 0.3 is 0 Å². The molecule has 19 heavy (non-hydrogen) atoms. The van der Waals surface area contributed by atoms with Crippen LogP contribution in [0.15, 0.2) is 18.2 Å². The number of carbonyl (C=O) groups excluding carboxylic acids is 2. The van der Waals surface area contributed by atoms with Gasteiger partial charge in [-0.25, -0.2) is 4.90 Å². The molecule has 2 fully saturated rings. The van der Waals surface area contributed by atoms with Crippen molar-refractivity contribution in [3.05, 3.63) is 28.2 Å². The van der Waals surface area contributed by atoms with Gasteiger partial charge in [-0.1, -0.05) is 36.0 Å². The van der Waals surface area contributed by atoms with E-state index in [1.165, 1.54) is 4.90 Å². The Labute approximate surface area is 121 Å². The Kier molecular flexibility index (Phi) is 3.27. The van der Waals surface area contributed by atoms with Gasteiger partial charge in [0.2, 0.25) is 11.8 Å². The summed E-state index contributed by atoms with van der Waals surface area (Å²) in [7, 11) is 0. The lowest BCUT2D eigenvalue weighted by Gasteiger charge is -2.19. The first kappa shape index (κ1) is 12.9. The third-order valence-electron chi connectivity index (χ3n) is 3.99. The molecule has 100 valence electrons. The Hall–Kier alpha value is -1.06. The van der Waals surface area contributed by atoms with Crippen molar-refractivity contribution in [3.63, 3.8) is 0 Å². The van der Waals surface area contributed by atoms with Crippen LogP contribution < -0.4 is 4.90 Å². The molecule has 0 N–H and O–H groups in total. The number of halogens is 2. The summed E-state index contributed by atoms with van der Waals surface area (Å²) in [4.78, 5) is 26.1. The van der Waals surface area contributed by atoms with Crippen LogP contribution in [0, 0.1) is 11.8 Å². The number of carbonyl (C=O) groups is 2. The maximum Gasteiger partial charge on any atom is 0.237 e. The lowest BCUT2D eigenvalue weighted by molar-refractivity contribution is -0.122. The van der Waals surface area contributed by atoms with Gasteiger partial charge in [-0.3, -0.25) is 9.59 Å². The van der Waals surface area contributed by atoms with Gasteiger partial charge in [-0.2, -0.15) is 0 Å². The van der Waals surface area contributed by atoms with Crippen molar-refractivity contribution in [1.29, 1.82) is 0 Å². The molecule has 2 aliphatic rings. The zero-order valence-corrected chi connectivity index (χ0v) is 11.7. The van der Waals surface area contributed by atoms with Crippen molar-refractivity contribution in [2.24, 2.45) is 11.8 Å². The number of nitrogens with zero attached hydrogens (tertiary/aromatic N) is 1. The Bertz CT molecular complexity index is 534. The fourth-order valence-corrected chi connectivity index (χ4v) is 3.43. The number of fused-ring (bicyclic) bond motifs is 1. The molecule has 0 aromatic heterocycles. The van der Waals surface area contributed by atoms with Crippen molar-refractivity contribution >= 4 is 40.7 Å². The van der Waals surface area contributed by atoms with E-state index in [1.807, 2.05) is 0 Å². The predicted molar refractivity (Wildman–Crippen MR) is 74.4 cm³/mol. The molecule has 1 aliphatic heterocycles. The van der Waals surface area contributed by atoms with Crippen molar-refractivity contribution in [2.75, 3.05) is 4.90 Å². The van der Waals surface area contributed by atoms with Crippen LogP contribution in [0.3, 0.4) is 0 Å². The van der Waals surface area contributed by atoms with Crippen molar-refractivity contribution in [3.8, 4) is 0 Å². The van der Waals surface area contributed by atoms with Gasteiger partial charge < -0.3 is 0 Å². The second-order valence-electron chi connectivity index (χ2n) is 5.11. The smallest absolute Gasteiger partial charge is 0.237 e. The maximum absolute atomic E-state index is 12.4. The van der Waals surface area contributed by atoms with E-state index in [9.17, 15) is 9.59 Å². The van der Waals surface area contributed by atoms with Crippen LogP contribution in [-0.2, 0) is 9.59 Å². The van der Waals surface area contributed by atoms with Crippen LogP contribution in [0.2, 0.25) is 10.0 Å². The predicted octanol–water partition coefficient (Wildman–Crippen LogP) is 3.67. The fourth-order valence-electron chi connectivity index (χ4n) is 3.06. The van der Waals surface area contributed by atoms with Gasteiger partial charge in [0.15, 0.2) is 0 Å². The summed E-state index contributed by atoms with van der Waals surface area (Å²) in [5.74, 6) is -0.592. The molecule has 1 saturated carbocycles. The highest BCUT2D eigenvalue weighted by atomic mass is 35.5. The standard InChI is InChI=1S/C14H13Cl2NO2/c15-8-5-6-11(16)12(7-8)17-13(18)9-3-1-2-4-10(9)14(17)19/h5-7,9-10H,1-4H2/t9-,10-/m0/s1. The van der Waals surface area contributed by atoms with Crippen LogP contribution >= 0.6 is 23.2 Å². The highest BCUT2D eigenvalue weighted by molar-refractivity contribution is 6.37. The molecular weight excluding hydrogens is 285 g/mol. The molecule has 2 amide bonds. The van der Waals surface area contributed by atoms with Gasteiger partial charge in [0.25, 0.3) is 0 Å². The average Bonchev–Trinajstić information content (AvgIpc) is 2.66.